The third-order valence-corrected chi connectivity index (χ3v) is 7.43. The zero-order chi connectivity index (χ0) is 21.3. The van der Waals surface area contributed by atoms with Gasteiger partial charge < -0.3 is 4.90 Å². The maximum Gasteiger partial charge on any atom is 0.261 e. The summed E-state index contributed by atoms with van der Waals surface area (Å²) in [6.45, 7) is 5.01. The number of hydrogen-bond donors (Lipinski definition) is 0. The van der Waals surface area contributed by atoms with E-state index in [0.29, 0.717) is 31.6 Å². The molecule has 0 saturated carbocycles. The van der Waals surface area contributed by atoms with Gasteiger partial charge in [0, 0.05) is 31.5 Å². The molecule has 0 fully saturated rings. The first-order valence-corrected chi connectivity index (χ1v) is 11.4. The lowest BCUT2D eigenvalue weighted by molar-refractivity contribution is 0.0989. The number of amides is 1. The molecule has 0 unspecified atom stereocenters. The summed E-state index contributed by atoms with van der Waals surface area (Å²) < 4.78 is 28.7. The Hall–Kier alpha value is -2.97. The second kappa shape index (κ2) is 8.04. The molecule has 1 aromatic heterocycles. The van der Waals surface area contributed by atoms with E-state index < -0.39 is 10.0 Å². The van der Waals surface area contributed by atoms with Crippen LogP contribution < -0.4 is 4.90 Å². The standard InChI is InChI=1S/C22H24N4O3S/c1-3-24(4-2)30(28,29)20-10-11-21-17(14-20)12-13-25(21)22(27)18-15-23-26(16-18)19-8-6-5-7-9-19/h5-11,14-16H,3-4,12-13H2,1-2H3. The fraction of sp³-hybridized carbons (Fsp3) is 0.273. The fourth-order valence-corrected chi connectivity index (χ4v) is 5.28. The number of para-hydroxylation sites is 1. The normalized spacial score (nSPS) is 13.6. The van der Waals surface area contributed by atoms with E-state index in [2.05, 4.69) is 5.10 Å². The maximum absolute atomic E-state index is 13.1. The van der Waals surface area contributed by atoms with Gasteiger partial charge in [-0.3, -0.25) is 4.79 Å². The molecule has 0 bridgehead atoms. The van der Waals surface area contributed by atoms with Crippen molar-refractivity contribution in [2.24, 2.45) is 0 Å². The molecule has 1 aliphatic heterocycles. The molecule has 7 nitrogen and oxygen atoms in total. The summed E-state index contributed by atoms with van der Waals surface area (Å²) in [6, 6.07) is 14.6. The van der Waals surface area contributed by atoms with Crippen LogP contribution in [0.2, 0.25) is 0 Å². The van der Waals surface area contributed by atoms with Crippen LogP contribution in [0.5, 0.6) is 0 Å². The summed E-state index contributed by atoms with van der Waals surface area (Å²) in [4.78, 5) is 15.0. The zero-order valence-corrected chi connectivity index (χ0v) is 17.8. The third-order valence-electron chi connectivity index (χ3n) is 5.39. The van der Waals surface area contributed by atoms with E-state index in [9.17, 15) is 13.2 Å². The van der Waals surface area contributed by atoms with Crippen LogP contribution in [0.1, 0.15) is 29.8 Å². The minimum atomic E-state index is -3.52. The first kappa shape index (κ1) is 20.3. The molecule has 0 aliphatic carbocycles. The SMILES string of the molecule is CCN(CC)S(=O)(=O)c1ccc2c(c1)CCN2C(=O)c1cnn(-c2ccccc2)c1. The summed E-state index contributed by atoms with van der Waals surface area (Å²) in [6.07, 6.45) is 3.90. The molecule has 2 heterocycles. The summed E-state index contributed by atoms with van der Waals surface area (Å²) in [5.74, 6) is -0.143. The molecule has 8 heteroatoms. The maximum atomic E-state index is 13.1. The average Bonchev–Trinajstić information content (AvgIpc) is 3.42. The minimum absolute atomic E-state index is 0.143. The molecule has 0 saturated heterocycles. The van der Waals surface area contributed by atoms with Crippen LogP contribution >= 0.6 is 0 Å². The Morgan fingerprint density at radius 2 is 1.83 bits per heavy atom. The van der Waals surface area contributed by atoms with Gasteiger partial charge in [-0.1, -0.05) is 32.0 Å². The van der Waals surface area contributed by atoms with Gasteiger partial charge in [0.1, 0.15) is 0 Å². The Morgan fingerprint density at radius 3 is 2.53 bits per heavy atom. The van der Waals surface area contributed by atoms with Gasteiger partial charge in [-0.2, -0.15) is 9.40 Å². The van der Waals surface area contributed by atoms with Gasteiger partial charge in [0.25, 0.3) is 5.91 Å². The number of aromatic nitrogens is 2. The van der Waals surface area contributed by atoms with Crippen LogP contribution in [0.3, 0.4) is 0 Å². The minimum Gasteiger partial charge on any atom is -0.308 e. The fourth-order valence-electron chi connectivity index (χ4n) is 3.77. The van der Waals surface area contributed by atoms with E-state index in [1.807, 2.05) is 44.2 Å². The molecule has 156 valence electrons. The van der Waals surface area contributed by atoms with Crippen molar-refractivity contribution < 1.29 is 13.2 Å². The molecule has 1 amide bonds. The highest BCUT2D eigenvalue weighted by Gasteiger charge is 2.29. The van der Waals surface area contributed by atoms with E-state index >= 15 is 0 Å². The topological polar surface area (TPSA) is 75.5 Å². The molecule has 1 aliphatic rings. The monoisotopic (exact) mass is 424 g/mol. The molecule has 0 atom stereocenters. The van der Waals surface area contributed by atoms with Gasteiger partial charge in [-0.15, -0.1) is 0 Å². The molecule has 0 spiro atoms. The Balaban J connectivity index is 1.60. The summed E-state index contributed by atoms with van der Waals surface area (Å²) >= 11 is 0. The third kappa shape index (κ3) is 3.53. The molecule has 0 radical (unpaired) electrons. The van der Waals surface area contributed by atoms with Gasteiger partial charge in [0.05, 0.1) is 22.3 Å². The largest absolute Gasteiger partial charge is 0.308 e. The van der Waals surface area contributed by atoms with Crippen LogP contribution in [-0.4, -0.2) is 48.0 Å². The number of fused-ring (bicyclic) bond motifs is 1. The van der Waals surface area contributed by atoms with Crippen LogP contribution in [0.4, 0.5) is 5.69 Å². The smallest absolute Gasteiger partial charge is 0.261 e. The van der Waals surface area contributed by atoms with Crippen LogP contribution in [0.15, 0.2) is 65.8 Å². The number of sulfonamides is 1. The lowest BCUT2D eigenvalue weighted by Gasteiger charge is -2.20. The number of benzene rings is 2. The van der Waals surface area contributed by atoms with Gasteiger partial charge in [-0.25, -0.2) is 13.1 Å². The van der Waals surface area contributed by atoms with E-state index in [-0.39, 0.29) is 10.8 Å². The van der Waals surface area contributed by atoms with Gasteiger partial charge in [0.15, 0.2) is 0 Å². The van der Waals surface area contributed by atoms with E-state index in [1.165, 1.54) is 4.31 Å². The van der Waals surface area contributed by atoms with Gasteiger partial charge in [0.2, 0.25) is 10.0 Å². The highest BCUT2D eigenvalue weighted by atomic mass is 32.2. The van der Waals surface area contributed by atoms with Crippen LogP contribution in [-0.2, 0) is 16.4 Å². The van der Waals surface area contributed by atoms with E-state index in [1.54, 1.807) is 40.2 Å². The first-order chi connectivity index (χ1) is 14.5. The number of nitrogens with zero attached hydrogens (tertiary/aromatic N) is 4. The van der Waals surface area contributed by atoms with Crippen molar-refractivity contribution in [1.29, 1.82) is 0 Å². The molecule has 0 N–H and O–H groups in total. The lowest BCUT2D eigenvalue weighted by atomic mass is 10.2. The van der Waals surface area contributed by atoms with Crippen molar-refractivity contribution in [2.45, 2.75) is 25.2 Å². The van der Waals surface area contributed by atoms with Crippen molar-refractivity contribution in [3.8, 4) is 5.69 Å². The second-order valence-electron chi connectivity index (χ2n) is 7.10. The highest BCUT2D eigenvalue weighted by Crippen LogP contribution is 2.32. The van der Waals surface area contributed by atoms with E-state index in [4.69, 9.17) is 0 Å². The Morgan fingerprint density at radius 1 is 1.10 bits per heavy atom. The Kier molecular flexibility index (Phi) is 5.44. The second-order valence-corrected chi connectivity index (χ2v) is 9.03. The van der Waals surface area contributed by atoms with E-state index in [0.717, 1.165) is 16.9 Å². The van der Waals surface area contributed by atoms with Crippen LogP contribution in [0, 0.1) is 0 Å². The number of hydrogen-bond acceptors (Lipinski definition) is 4. The average molecular weight is 425 g/mol. The number of rotatable bonds is 6. The summed E-state index contributed by atoms with van der Waals surface area (Å²) in [5.41, 5.74) is 2.99. The predicted octanol–water partition coefficient (Wildman–Crippen LogP) is 3.11. The number of carbonyl (C=O) groups is 1. The Labute approximate surface area is 176 Å². The van der Waals surface area contributed by atoms with Crippen molar-refractivity contribution in [2.75, 3.05) is 24.5 Å². The molecule has 2 aromatic carbocycles. The first-order valence-electron chi connectivity index (χ1n) is 10.0. The summed E-state index contributed by atoms with van der Waals surface area (Å²) in [7, 11) is -3.52. The van der Waals surface area contributed by atoms with Gasteiger partial charge in [-0.05, 0) is 42.3 Å². The van der Waals surface area contributed by atoms with Crippen molar-refractivity contribution >= 4 is 21.6 Å². The lowest BCUT2D eigenvalue weighted by Crippen LogP contribution is -2.30. The molecular weight excluding hydrogens is 400 g/mol. The molecular formula is C22H24N4O3S. The number of carbonyl (C=O) groups excluding carboxylic acids is 1. The molecule has 30 heavy (non-hydrogen) atoms. The predicted molar refractivity (Wildman–Crippen MR) is 115 cm³/mol. The quantitative estimate of drug-likeness (QED) is 0.609. The molecule has 4 rings (SSSR count). The molecule has 3 aromatic rings. The van der Waals surface area contributed by atoms with Crippen LogP contribution in [0.25, 0.3) is 5.69 Å². The zero-order valence-electron chi connectivity index (χ0n) is 17.0. The highest BCUT2D eigenvalue weighted by molar-refractivity contribution is 7.89. The van der Waals surface area contributed by atoms with Crippen molar-refractivity contribution in [3.63, 3.8) is 0 Å². The van der Waals surface area contributed by atoms with Crippen molar-refractivity contribution in [1.82, 2.24) is 14.1 Å². The van der Waals surface area contributed by atoms with Gasteiger partial charge >= 0.3 is 0 Å². The number of anilines is 1. The van der Waals surface area contributed by atoms with Crippen molar-refractivity contribution in [3.05, 3.63) is 72.1 Å². The Bertz CT molecular complexity index is 1170. The summed E-state index contributed by atoms with van der Waals surface area (Å²) in [5, 5.41) is 4.30.